The van der Waals surface area contributed by atoms with Crippen LogP contribution in [-0.2, 0) is 9.53 Å². The lowest BCUT2D eigenvalue weighted by atomic mass is 10.1. The average Bonchev–Trinajstić information content (AvgIpc) is 3.11. The van der Waals surface area contributed by atoms with Gasteiger partial charge in [-0.1, -0.05) is 29.3 Å². The summed E-state index contributed by atoms with van der Waals surface area (Å²) in [5, 5.41) is 4.28. The van der Waals surface area contributed by atoms with E-state index < -0.39 is 6.04 Å². The highest BCUT2D eigenvalue weighted by molar-refractivity contribution is 6.35. The fourth-order valence-corrected chi connectivity index (χ4v) is 2.25. The summed E-state index contributed by atoms with van der Waals surface area (Å²) in [4.78, 5) is 12.0. The molecular formula is C13H15Cl2NO2. The zero-order valence-corrected chi connectivity index (χ0v) is 11.6. The molecule has 0 spiro atoms. The molecule has 2 rings (SSSR count). The molecule has 1 fully saturated rings. The maximum absolute atomic E-state index is 12.0. The molecule has 0 heterocycles. The molecule has 0 bridgehead atoms. The Morgan fingerprint density at radius 2 is 2.22 bits per heavy atom. The molecule has 98 valence electrons. The summed E-state index contributed by atoms with van der Waals surface area (Å²) in [5.74, 6) is -0.298. The largest absolute Gasteiger partial charge is 0.465 e. The predicted octanol–water partition coefficient (Wildman–Crippen LogP) is 3.35. The van der Waals surface area contributed by atoms with Crippen LogP contribution in [0.15, 0.2) is 18.2 Å². The number of hydrogen-bond acceptors (Lipinski definition) is 3. The van der Waals surface area contributed by atoms with Gasteiger partial charge in [-0.05, 0) is 37.5 Å². The van der Waals surface area contributed by atoms with Crippen LogP contribution in [0.4, 0.5) is 0 Å². The number of hydrogen-bond donors (Lipinski definition) is 1. The fourth-order valence-electron chi connectivity index (χ4n) is 1.73. The first-order valence-corrected chi connectivity index (χ1v) is 6.75. The standard InChI is InChI=1S/C13H15Cl2NO2/c1-2-18-13(17)12(16-9-4-5-9)10-6-3-8(14)7-11(10)15/h3,6-7,9,12,16H,2,4-5H2,1H3. The first kappa shape index (κ1) is 13.7. The minimum Gasteiger partial charge on any atom is -0.465 e. The fraction of sp³-hybridized carbons (Fsp3) is 0.462. The molecule has 1 unspecified atom stereocenters. The Hall–Kier alpha value is -0.770. The molecule has 5 heteroatoms. The summed E-state index contributed by atoms with van der Waals surface area (Å²) in [5.41, 5.74) is 0.714. The average molecular weight is 288 g/mol. The normalized spacial score (nSPS) is 16.4. The Labute approximate surface area is 116 Å². The molecule has 1 saturated carbocycles. The number of benzene rings is 1. The third-order valence-electron chi connectivity index (χ3n) is 2.78. The number of rotatable bonds is 5. The van der Waals surface area contributed by atoms with E-state index in [1.54, 1.807) is 25.1 Å². The summed E-state index contributed by atoms with van der Waals surface area (Å²) < 4.78 is 5.08. The number of halogens is 2. The van der Waals surface area contributed by atoms with Crippen molar-refractivity contribution in [3.05, 3.63) is 33.8 Å². The number of carbonyl (C=O) groups excluding carboxylic acids is 1. The van der Waals surface area contributed by atoms with Gasteiger partial charge >= 0.3 is 5.97 Å². The van der Waals surface area contributed by atoms with Gasteiger partial charge in [0.15, 0.2) is 0 Å². The van der Waals surface area contributed by atoms with E-state index in [2.05, 4.69) is 5.32 Å². The third kappa shape index (κ3) is 3.37. The van der Waals surface area contributed by atoms with Gasteiger partial charge in [0, 0.05) is 16.1 Å². The number of carbonyl (C=O) groups is 1. The number of nitrogens with one attached hydrogen (secondary N) is 1. The van der Waals surface area contributed by atoms with Crippen molar-refractivity contribution in [2.24, 2.45) is 0 Å². The summed E-state index contributed by atoms with van der Waals surface area (Å²) in [7, 11) is 0. The van der Waals surface area contributed by atoms with Crippen molar-refractivity contribution < 1.29 is 9.53 Å². The Morgan fingerprint density at radius 1 is 1.50 bits per heavy atom. The molecular weight excluding hydrogens is 273 g/mol. The maximum atomic E-state index is 12.0. The van der Waals surface area contributed by atoms with Gasteiger partial charge in [0.25, 0.3) is 0 Å². The Morgan fingerprint density at radius 3 is 2.78 bits per heavy atom. The van der Waals surface area contributed by atoms with E-state index in [0.717, 1.165) is 12.8 Å². The van der Waals surface area contributed by atoms with Crippen LogP contribution in [0.1, 0.15) is 31.4 Å². The van der Waals surface area contributed by atoms with Crippen molar-refractivity contribution in [1.82, 2.24) is 5.32 Å². The maximum Gasteiger partial charge on any atom is 0.327 e. The third-order valence-corrected chi connectivity index (χ3v) is 3.34. The highest BCUT2D eigenvalue weighted by atomic mass is 35.5. The molecule has 1 aliphatic rings. The van der Waals surface area contributed by atoms with Gasteiger partial charge in [-0.3, -0.25) is 5.32 Å². The molecule has 0 aromatic heterocycles. The molecule has 1 aromatic rings. The summed E-state index contributed by atoms with van der Waals surface area (Å²) in [6, 6.07) is 5.00. The van der Waals surface area contributed by atoms with Crippen LogP contribution in [0.2, 0.25) is 10.0 Å². The lowest BCUT2D eigenvalue weighted by molar-refractivity contribution is -0.145. The minimum atomic E-state index is -0.512. The Balaban J connectivity index is 2.23. The zero-order chi connectivity index (χ0) is 13.1. The van der Waals surface area contributed by atoms with Gasteiger partial charge in [-0.2, -0.15) is 0 Å². The van der Waals surface area contributed by atoms with Crippen LogP contribution in [0.5, 0.6) is 0 Å². The zero-order valence-electron chi connectivity index (χ0n) is 10.1. The van der Waals surface area contributed by atoms with Gasteiger partial charge in [-0.25, -0.2) is 4.79 Å². The summed E-state index contributed by atoms with van der Waals surface area (Å²) in [6.07, 6.45) is 2.17. The van der Waals surface area contributed by atoms with Gasteiger partial charge in [0.05, 0.1) is 6.61 Å². The van der Waals surface area contributed by atoms with Crippen LogP contribution in [0.3, 0.4) is 0 Å². The number of ether oxygens (including phenoxy) is 1. The first-order chi connectivity index (χ1) is 8.61. The molecule has 1 aliphatic carbocycles. The van der Waals surface area contributed by atoms with E-state index in [1.807, 2.05) is 0 Å². The topological polar surface area (TPSA) is 38.3 Å². The lowest BCUT2D eigenvalue weighted by Gasteiger charge is -2.18. The van der Waals surface area contributed by atoms with E-state index in [1.165, 1.54) is 0 Å². The van der Waals surface area contributed by atoms with E-state index in [-0.39, 0.29) is 5.97 Å². The van der Waals surface area contributed by atoms with E-state index in [4.69, 9.17) is 27.9 Å². The second-order valence-electron chi connectivity index (χ2n) is 4.29. The van der Waals surface area contributed by atoms with Crippen molar-refractivity contribution in [3.8, 4) is 0 Å². The van der Waals surface area contributed by atoms with Gasteiger partial charge < -0.3 is 4.74 Å². The minimum absolute atomic E-state index is 0.298. The van der Waals surface area contributed by atoms with Gasteiger partial charge in [0.1, 0.15) is 6.04 Å². The SMILES string of the molecule is CCOC(=O)C(NC1CC1)c1ccc(Cl)cc1Cl. The van der Waals surface area contributed by atoms with Crippen molar-refractivity contribution in [3.63, 3.8) is 0 Å². The van der Waals surface area contributed by atoms with E-state index >= 15 is 0 Å². The lowest BCUT2D eigenvalue weighted by Crippen LogP contribution is -2.32. The van der Waals surface area contributed by atoms with Crippen molar-refractivity contribution in [1.29, 1.82) is 0 Å². The van der Waals surface area contributed by atoms with E-state index in [9.17, 15) is 4.79 Å². The molecule has 0 amide bonds. The molecule has 1 N–H and O–H groups in total. The summed E-state index contributed by atoms with van der Waals surface area (Å²) >= 11 is 12.0. The Kier molecular flexibility index (Phi) is 4.49. The van der Waals surface area contributed by atoms with Crippen LogP contribution >= 0.6 is 23.2 Å². The summed E-state index contributed by atoms with van der Waals surface area (Å²) in [6.45, 7) is 2.14. The molecule has 1 atom stereocenters. The van der Waals surface area contributed by atoms with E-state index in [0.29, 0.717) is 28.3 Å². The smallest absolute Gasteiger partial charge is 0.327 e. The Bertz CT molecular complexity index is 447. The molecule has 0 radical (unpaired) electrons. The quantitative estimate of drug-likeness (QED) is 0.844. The first-order valence-electron chi connectivity index (χ1n) is 5.99. The second kappa shape index (κ2) is 5.91. The van der Waals surface area contributed by atoms with Crippen molar-refractivity contribution in [2.45, 2.75) is 31.8 Å². The highest BCUT2D eigenvalue weighted by Gasteiger charge is 2.31. The van der Waals surface area contributed by atoms with Crippen LogP contribution in [0, 0.1) is 0 Å². The molecule has 3 nitrogen and oxygen atoms in total. The van der Waals surface area contributed by atoms with Crippen molar-refractivity contribution >= 4 is 29.2 Å². The molecule has 0 aliphatic heterocycles. The van der Waals surface area contributed by atoms with Gasteiger partial charge in [0.2, 0.25) is 0 Å². The monoisotopic (exact) mass is 287 g/mol. The number of esters is 1. The van der Waals surface area contributed by atoms with Crippen LogP contribution in [0.25, 0.3) is 0 Å². The van der Waals surface area contributed by atoms with Gasteiger partial charge in [-0.15, -0.1) is 0 Å². The molecule has 1 aromatic carbocycles. The van der Waals surface area contributed by atoms with Crippen LogP contribution < -0.4 is 5.32 Å². The van der Waals surface area contributed by atoms with Crippen LogP contribution in [-0.4, -0.2) is 18.6 Å². The van der Waals surface area contributed by atoms with Crippen molar-refractivity contribution in [2.75, 3.05) is 6.61 Å². The molecule has 0 saturated heterocycles. The highest BCUT2D eigenvalue weighted by Crippen LogP contribution is 2.30. The predicted molar refractivity (Wildman–Crippen MR) is 72.0 cm³/mol. The molecule has 18 heavy (non-hydrogen) atoms. The second-order valence-corrected chi connectivity index (χ2v) is 5.14.